The van der Waals surface area contributed by atoms with Crippen molar-refractivity contribution in [3.8, 4) is 0 Å². The molecule has 1 heterocycles. The number of para-hydroxylation sites is 1. The number of nitrogens with one attached hydrogen (secondary N) is 3. The summed E-state index contributed by atoms with van der Waals surface area (Å²) in [4.78, 5) is 39.2. The summed E-state index contributed by atoms with van der Waals surface area (Å²) in [6.45, 7) is 9.39. The zero-order valence-corrected chi connectivity index (χ0v) is 20.6. The number of rotatable bonds is 6. The monoisotopic (exact) mass is 480 g/mol. The molecule has 3 atom stereocenters. The number of carbonyl (C=O) groups is 3. The maximum atomic E-state index is 13.9. The van der Waals surface area contributed by atoms with Crippen LogP contribution in [0.5, 0.6) is 0 Å². The zero-order valence-electron chi connectivity index (χ0n) is 20.6. The largest absolute Gasteiger partial charge is 0.444 e. The number of alkyl carbamates (subject to hydrolysis) is 1. The maximum Gasteiger partial charge on any atom is 0.408 e. The first-order valence-corrected chi connectivity index (χ1v) is 11.6. The van der Waals surface area contributed by atoms with E-state index < -0.39 is 47.6 Å². The lowest BCUT2D eigenvalue weighted by atomic mass is 10.0. The highest BCUT2D eigenvalue weighted by Gasteiger charge is 2.32. The van der Waals surface area contributed by atoms with E-state index in [9.17, 15) is 23.9 Å². The van der Waals surface area contributed by atoms with Crippen molar-refractivity contribution in [3.63, 3.8) is 0 Å². The number of carbonyl (C=O) groups excluding carboxylic acids is 3. The molecule has 0 aromatic heterocycles. The van der Waals surface area contributed by atoms with E-state index in [-0.39, 0.29) is 18.2 Å². The number of aliphatic hydroxyl groups is 1. The summed E-state index contributed by atoms with van der Waals surface area (Å²) in [5.74, 6) is -0.847. The molecule has 2 rings (SSSR count). The standard InChI is InChI=1S/C24H37FN4O5/c1-15(2)13-19(28-23(33)34-24(3,4)5)21(31)26-18-11-8-12-29(14-20(18)30)22(32)27-17-10-7-6-9-16(17)25/h6-7,9-10,15,18-20,30H,8,11-14H2,1-5H3,(H,26,31)(H,27,32)(H,28,33)/t18?,19?,20-/m0/s1. The van der Waals surface area contributed by atoms with Crippen molar-refractivity contribution < 1.29 is 28.6 Å². The predicted molar refractivity (Wildman–Crippen MR) is 127 cm³/mol. The fraction of sp³-hybridized carbons (Fsp3) is 0.625. The third kappa shape index (κ3) is 8.81. The van der Waals surface area contributed by atoms with Crippen molar-refractivity contribution in [1.82, 2.24) is 15.5 Å². The summed E-state index contributed by atoms with van der Waals surface area (Å²) in [6.07, 6.45) is -0.353. The van der Waals surface area contributed by atoms with Gasteiger partial charge in [-0.1, -0.05) is 26.0 Å². The fourth-order valence-electron chi connectivity index (χ4n) is 3.68. The normalized spacial score (nSPS) is 19.7. The second-order valence-corrected chi connectivity index (χ2v) is 10.0. The molecule has 1 aromatic carbocycles. The average Bonchev–Trinajstić information content (AvgIpc) is 2.89. The molecular formula is C24H37FN4O5. The zero-order chi connectivity index (χ0) is 25.5. The molecule has 4 N–H and O–H groups in total. The van der Waals surface area contributed by atoms with Crippen LogP contribution in [0.3, 0.4) is 0 Å². The molecule has 9 nitrogen and oxygen atoms in total. The third-order valence-electron chi connectivity index (χ3n) is 5.26. The third-order valence-corrected chi connectivity index (χ3v) is 5.26. The number of nitrogens with zero attached hydrogens (tertiary/aromatic N) is 1. The number of hydrogen-bond donors (Lipinski definition) is 4. The minimum atomic E-state index is -1.03. The van der Waals surface area contributed by atoms with Crippen LogP contribution >= 0.6 is 0 Å². The second kappa shape index (κ2) is 12.0. The molecule has 1 aliphatic rings. The lowest BCUT2D eigenvalue weighted by Gasteiger charge is -2.28. The molecule has 0 radical (unpaired) electrons. The Morgan fingerprint density at radius 1 is 1.24 bits per heavy atom. The maximum absolute atomic E-state index is 13.9. The van der Waals surface area contributed by atoms with E-state index in [1.54, 1.807) is 26.8 Å². The van der Waals surface area contributed by atoms with E-state index in [1.165, 1.54) is 23.1 Å². The van der Waals surface area contributed by atoms with Crippen molar-refractivity contribution in [2.45, 2.75) is 77.7 Å². The van der Waals surface area contributed by atoms with Gasteiger partial charge in [0.1, 0.15) is 17.5 Å². The Labute approximate surface area is 200 Å². The molecule has 0 spiro atoms. The quantitative estimate of drug-likeness (QED) is 0.498. The first kappa shape index (κ1) is 27.4. The molecular weight excluding hydrogens is 443 g/mol. The van der Waals surface area contributed by atoms with Crippen molar-refractivity contribution in [3.05, 3.63) is 30.1 Å². The van der Waals surface area contributed by atoms with Gasteiger partial charge in [-0.25, -0.2) is 14.0 Å². The van der Waals surface area contributed by atoms with Crippen LogP contribution in [-0.2, 0) is 9.53 Å². The summed E-state index contributed by atoms with van der Waals surface area (Å²) >= 11 is 0. The van der Waals surface area contributed by atoms with E-state index in [1.807, 2.05) is 13.8 Å². The number of anilines is 1. The van der Waals surface area contributed by atoms with Crippen LogP contribution in [0.2, 0.25) is 0 Å². The van der Waals surface area contributed by atoms with Crippen LogP contribution in [0.1, 0.15) is 53.9 Å². The summed E-state index contributed by atoms with van der Waals surface area (Å²) < 4.78 is 19.1. The molecule has 0 bridgehead atoms. The average molecular weight is 481 g/mol. The lowest BCUT2D eigenvalue weighted by molar-refractivity contribution is -0.125. The Morgan fingerprint density at radius 3 is 2.53 bits per heavy atom. The summed E-state index contributed by atoms with van der Waals surface area (Å²) in [6, 6.07) is 3.88. The SMILES string of the molecule is CC(C)CC(NC(=O)OC(C)(C)C)C(=O)NC1CCCN(C(=O)Nc2ccccc2F)C[C@@H]1O. The number of benzene rings is 1. The number of hydrogen-bond acceptors (Lipinski definition) is 5. The summed E-state index contributed by atoms with van der Waals surface area (Å²) in [5, 5.41) is 18.7. The fourth-order valence-corrected chi connectivity index (χ4v) is 3.68. The molecule has 1 aliphatic heterocycles. The van der Waals surface area contributed by atoms with Crippen LogP contribution in [0, 0.1) is 11.7 Å². The molecule has 2 unspecified atom stereocenters. The minimum absolute atomic E-state index is 0.0282. The highest BCUT2D eigenvalue weighted by Crippen LogP contribution is 2.17. The Kier molecular flexibility index (Phi) is 9.66. The number of likely N-dealkylation sites (tertiary alicyclic amines) is 1. The highest BCUT2D eigenvalue weighted by molar-refractivity contribution is 5.89. The van der Waals surface area contributed by atoms with Crippen molar-refractivity contribution in [2.24, 2.45) is 5.92 Å². The Hall–Kier alpha value is -2.88. The van der Waals surface area contributed by atoms with Crippen molar-refractivity contribution in [2.75, 3.05) is 18.4 Å². The van der Waals surface area contributed by atoms with Crippen LogP contribution < -0.4 is 16.0 Å². The molecule has 34 heavy (non-hydrogen) atoms. The molecule has 10 heteroatoms. The van der Waals surface area contributed by atoms with Crippen molar-refractivity contribution >= 4 is 23.7 Å². The van der Waals surface area contributed by atoms with Gasteiger partial charge in [0.2, 0.25) is 5.91 Å². The molecule has 1 fully saturated rings. The topological polar surface area (TPSA) is 120 Å². The molecule has 1 aromatic rings. The first-order valence-electron chi connectivity index (χ1n) is 11.6. The van der Waals surface area contributed by atoms with Crippen LogP contribution in [0.4, 0.5) is 19.7 Å². The van der Waals surface area contributed by atoms with Crippen LogP contribution in [-0.4, -0.2) is 64.9 Å². The van der Waals surface area contributed by atoms with E-state index in [4.69, 9.17) is 4.74 Å². The van der Waals surface area contributed by atoms with Gasteiger partial charge in [0.25, 0.3) is 0 Å². The highest BCUT2D eigenvalue weighted by atomic mass is 19.1. The van der Waals surface area contributed by atoms with Crippen LogP contribution in [0.25, 0.3) is 0 Å². The number of amides is 4. The van der Waals surface area contributed by atoms with E-state index in [2.05, 4.69) is 16.0 Å². The van der Waals surface area contributed by atoms with Gasteiger partial charge >= 0.3 is 12.1 Å². The molecule has 0 aliphatic carbocycles. The van der Waals surface area contributed by atoms with Gasteiger partial charge < -0.3 is 30.7 Å². The van der Waals surface area contributed by atoms with Gasteiger partial charge in [0.15, 0.2) is 0 Å². The van der Waals surface area contributed by atoms with E-state index >= 15 is 0 Å². The predicted octanol–water partition coefficient (Wildman–Crippen LogP) is 3.24. The Morgan fingerprint density at radius 2 is 1.91 bits per heavy atom. The number of β-amino-alcohol motifs (C(OH)–C–C–N with tert-alkyl or cyclic N) is 1. The van der Waals surface area contributed by atoms with Gasteiger partial charge in [-0.3, -0.25) is 4.79 Å². The number of urea groups is 1. The van der Waals surface area contributed by atoms with Gasteiger partial charge in [-0.05, 0) is 58.1 Å². The Balaban J connectivity index is 1.99. The first-order chi connectivity index (χ1) is 15.9. The number of ether oxygens (including phenoxy) is 1. The summed E-state index contributed by atoms with van der Waals surface area (Å²) in [5.41, 5.74) is -0.645. The molecule has 190 valence electrons. The van der Waals surface area contributed by atoms with Crippen LogP contribution in [0.15, 0.2) is 24.3 Å². The van der Waals surface area contributed by atoms with E-state index in [0.717, 1.165) is 0 Å². The number of aliphatic hydroxyl groups excluding tert-OH is 1. The molecule has 4 amide bonds. The van der Waals surface area contributed by atoms with Gasteiger partial charge in [0.05, 0.1) is 24.4 Å². The van der Waals surface area contributed by atoms with Gasteiger partial charge in [0, 0.05) is 6.54 Å². The van der Waals surface area contributed by atoms with Gasteiger partial charge in [-0.15, -0.1) is 0 Å². The smallest absolute Gasteiger partial charge is 0.408 e. The van der Waals surface area contributed by atoms with Crippen molar-refractivity contribution in [1.29, 1.82) is 0 Å². The lowest BCUT2D eigenvalue weighted by Crippen LogP contribution is -2.54. The molecule has 1 saturated heterocycles. The summed E-state index contributed by atoms with van der Waals surface area (Å²) in [7, 11) is 0. The Bertz CT molecular complexity index is 858. The minimum Gasteiger partial charge on any atom is -0.444 e. The second-order valence-electron chi connectivity index (χ2n) is 10.0. The van der Waals surface area contributed by atoms with E-state index in [0.29, 0.717) is 25.8 Å². The number of halogens is 1. The van der Waals surface area contributed by atoms with Gasteiger partial charge in [-0.2, -0.15) is 0 Å². The molecule has 0 saturated carbocycles.